The van der Waals surface area contributed by atoms with Crippen molar-refractivity contribution < 1.29 is 0 Å². The van der Waals surface area contributed by atoms with Crippen molar-refractivity contribution in [3.05, 3.63) is 48.2 Å². The molecular weight excluding hydrogens is 250 g/mol. The molecule has 0 aliphatic heterocycles. The molecule has 0 aliphatic carbocycles. The van der Waals surface area contributed by atoms with Crippen LogP contribution in [0.1, 0.15) is 31.3 Å². The molecule has 0 aromatic carbocycles. The van der Waals surface area contributed by atoms with Crippen molar-refractivity contribution in [1.29, 1.82) is 0 Å². The van der Waals surface area contributed by atoms with Crippen LogP contribution < -0.4 is 5.32 Å². The second kappa shape index (κ2) is 5.00. The predicted molar refractivity (Wildman–Crippen MR) is 79.9 cm³/mol. The lowest BCUT2D eigenvalue weighted by Gasteiger charge is -2.06. The van der Waals surface area contributed by atoms with Gasteiger partial charge in [-0.25, -0.2) is 4.98 Å². The van der Waals surface area contributed by atoms with E-state index in [1.807, 2.05) is 48.4 Å². The zero-order valence-electron chi connectivity index (χ0n) is 12.0. The van der Waals surface area contributed by atoms with E-state index in [0.717, 1.165) is 23.6 Å². The number of nitrogens with zero attached hydrogens (tertiary/aromatic N) is 4. The van der Waals surface area contributed by atoms with Gasteiger partial charge in [0, 0.05) is 18.4 Å². The van der Waals surface area contributed by atoms with Crippen molar-refractivity contribution in [3.63, 3.8) is 0 Å². The Hall–Kier alpha value is -2.30. The van der Waals surface area contributed by atoms with Gasteiger partial charge < -0.3 is 9.72 Å². The number of anilines is 1. The topological polar surface area (TPSA) is 47.1 Å². The summed E-state index contributed by atoms with van der Waals surface area (Å²) in [5, 5.41) is 7.74. The van der Waals surface area contributed by atoms with Gasteiger partial charge >= 0.3 is 0 Å². The number of aromatic nitrogens is 4. The monoisotopic (exact) mass is 269 g/mol. The van der Waals surface area contributed by atoms with Crippen molar-refractivity contribution in [2.24, 2.45) is 0 Å². The number of imidazole rings is 1. The van der Waals surface area contributed by atoms with Crippen LogP contribution in [0.2, 0.25) is 0 Å². The van der Waals surface area contributed by atoms with E-state index >= 15 is 0 Å². The number of hydrogen-bond acceptors (Lipinski definition) is 3. The van der Waals surface area contributed by atoms with Gasteiger partial charge in [0.1, 0.15) is 5.65 Å². The fourth-order valence-electron chi connectivity index (χ4n) is 2.27. The number of pyridine rings is 1. The van der Waals surface area contributed by atoms with Crippen LogP contribution in [0.5, 0.6) is 0 Å². The summed E-state index contributed by atoms with van der Waals surface area (Å²) in [6.45, 7) is 7.01. The van der Waals surface area contributed by atoms with Crippen LogP contribution in [0.15, 0.2) is 36.8 Å². The lowest BCUT2D eigenvalue weighted by atomic mass is 10.3. The summed E-state index contributed by atoms with van der Waals surface area (Å²) < 4.78 is 4.07. The van der Waals surface area contributed by atoms with E-state index in [2.05, 4.69) is 33.6 Å². The molecule has 0 fully saturated rings. The maximum Gasteiger partial charge on any atom is 0.137 e. The molecule has 0 amide bonds. The Kier molecular flexibility index (Phi) is 3.18. The molecule has 20 heavy (non-hydrogen) atoms. The Morgan fingerprint density at radius 2 is 2.15 bits per heavy atom. The first kappa shape index (κ1) is 12.7. The highest BCUT2D eigenvalue weighted by Crippen LogP contribution is 2.15. The first-order chi connectivity index (χ1) is 9.65. The van der Waals surface area contributed by atoms with E-state index in [-0.39, 0.29) is 0 Å². The second-order valence-corrected chi connectivity index (χ2v) is 5.23. The molecular formula is C15H19N5. The van der Waals surface area contributed by atoms with Crippen LogP contribution in [0.25, 0.3) is 5.65 Å². The van der Waals surface area contributed by atoms with Crippen molar-refractivity contribution in [1.82, 2.24) is 19.2 Å². The minimum atomic E-state index is 0.378. The Bertz CT molecular complexity index is 723. The number of fused-ring (bicyclic) bond motifs is 1. The van der Waals surface area contributed by atoms with Gasteiger partial charge in [0.15, 0.2) is 0 Å². The van der Waals surface area contributed by atoms with Gasteiger partial charge in [0.05, 0.1) is 29.8 Å². The smallest absolute Gasteiger partial charge is 0.137 e. The number of hydrogen-bond donors (Lipinski definition) is 1. The number of nitrogens with one attached hydrogen (secondary N) is 1. The molecule has 3 rings (SSSR count). The molecule has 104 valence electrons. The summed E-state index contributed by atoms with van der Waals surface area (Å²) in [5.41, 5.74) is 4.25. The van der Waals surface area contributed by atoms with Crippen LogP contribution in [0, 0.1) is 6.92 Å². The zero-order chi connectivity index (χ0) is 14.1. The quantitative estimate of drug-likeness (QED) is 0.792. The van der Waals surface area contributed by atoms with Gasteiger partial charge in [-0.1, -0.05) is 6.07 Å². The third kappa shape index (κ3) is 2.27. The van der Waals surface area contributed by atoms with Gasteiger partial charge in [-0.05, 0) is 32.9 Å². The molecule has 0 atom stereocenters. The maximum absolute atomic E-state index is 4.56. The van der Waals surface area contributed by atoms with Crippen LogP contribution in [0.3, 0.4) is 0 Å². The summed E-state index contributed by atoms with van der Waals surface area (Å²) >= 11 is 0. The van der Waals surface area contributed by atoms with Crippen LogP contribution in [-0.4, -0.2) is 19.2 Å². The van der Waals surface area contributed by atoms with E-state index in [4.69, 9.17) is 0 Å². The average molecular weight is 269 g/mol. The first-order valence-electron chi connectivity index (χ1n) is 6.86. The van der Waals surface area contributed by atoms with Gasteiger partial charge in [0.25, 0.3) is 0 Å². The van der Waals surface area contributed by atoms with Gasteiger partial charge in [-0.15, -0.1) is 0 Å². The highest BCUT2D eigenvalue weighted by Gasteiger charge is 2.08. The largest absolute Gasteiger partial charge is 0.377 e. The Morgan fingerprint density at radius 1 is 1.30 bits per heavy atom. The third-order valence-corrected chi connectivity index (χ3v) is 3.42. The molecule has 0 aliphatic rings. The molecule has 0 bridgehead atoms. The SMILES string of the molecule is Cc1nc2ccccn2c1CNc1cnn(C(C)C)c1. The summed E-state index contributed by atoms with van der Waals surface area (Å²) in [7, 11) is 0. The molecule has 1 N–H and O–H groups in total. The fraction of sp³-hybridized carbons (Fsp3) is 0.333. The number of aryl methyl sites for hydroxylation is 1. The molecule has 0 unspecified atom stereocenters. The van der Waals surface area contributed by atoms with Crippen molar-refractivity contribution in [3.8, 4) is 0 Å². The standard InChI is InChI=1S/C15H19N5/c1-11(2)20-10-13(8-17-20)16-9-14-12(3)18-15-6-4-5-7-19(14)15/h4-8,10-11,16H,9H2,1-3H3. The molecule has 0 saturated carbocycles. The molecule has 5 heteroatoms. The van der Waals surface area contributed by atoms with Crippen LogP contribution in [0.4, 0.5) is 5.69 Å². The highest BCUT2D eigenvalue weighted by atomic mass is 15.3. The fourth-order valence-corrected chi connectivity index (χ4v) is 2.27. The Morgan fingerprint density at radius 3 is 2.90 bits per heavy atom. The van der Waals surface area contributed by atoms with E-state index in [9.17, 15) is 0 Å². The molecule has 0 radical (unpaired) electrons. The summed E-state index contributed by atoms with van der Waals surface area (Å²) in [5.74, 6) is 0. The normalized spacial score (nSPS) is 11.4. The van der Waals surface area contributed by atoms with Crippen molar-refractivity contribution >= 4 is 11.3 Å². The zero-order valence-corrected chi connectivity index (χ0v) is 12.0. The van der Waals surface area contributed by atoms with Gasteiger partial charge in [-0.3, -0.25) is 4.68 Å². The van der Waals surface area contributed by atoms with E-state index < -0.39 is 0 Å². The lowest BCUT2D eigenvalue weighted by Crippen LogP contribution is -2.04. The molecule has 5 nitrogen and oxygen atoms in total. The minimum absolute atomic E-state index is 0.378. The Balaban J connectivity index is 1.81. The third-order valence-electron chi connectivity index (χ3n) is 3.42. The van der Waals surface area contributed by atoms with Crippen LogP contribution in [-0.2, 0) is 6.54 Å². The van der Waals surface area contributed by atoms with E-state index in [1.54, 1.807) is 0 Å². The molecule has 0 saturated heterocycles. The molecule has 3 heterocycles. The average Bonchev–Trinajstić information content (AvgIpc) is 3.00. The van der Waals surface area contributed by atoms with E-state index in [1.165, 1.54) is 5.69 Å². The van der Waals surface area contributed by atoms with Crippen molar-refractivity contribution in [2.75, 3.05) is 5.32 Å². The van der Waals surface area contributed by atoms with Crippen molar-refractivity contribution in [2.45, 2.75) is 33.4 Å². The minimum Gasteiger partial charge on any atom is -0.377 e. The predicted octanol–water partition coefficient (Wildman–Crippen LogP) is 3.03. The summed E-state index contributed by atoms with van der Waals surface area (Å²) in [6, 6.07) is 6.43. The second-order valence-electron chi connectivity index (χ2n) is 5.23. The van der Waals surface area contributed by atoms with E-state index in [0.29, 0.717) is 6.04 Å². The molecule has 0 spiro atoms. The van der Waals surface area contributed by atoms with Crippen LogP contribution >= 0.6 is 0 Å². The highest BCUT2D eigenvalue weighted by molar-refractivity contribution is 5.45. The maximum atomic E-state index is 4.56. The van der Waals surface area contributed by atoms with Gasteiger partial charge in [0.2, 0.25) is 0 Å². The summed E-state index contributed by atoms with van der Waals surface area (Å²) in [4.78, 5) is 4.56. The Labute approximate surface area is 118 Å². The molecule has 3 aromatic heterocycles. The molecule has 3 aromatic rings. The lowest BCUT2D eigenvalue weighted by molar-refractivity contribution is 0.532. The van der Waals surface area contributed by atoms with Gasteiger partial charge in [-0.2, -0.15) is 5.10 Å². The first-order valence-corrected chi connectivity index (χ1v) is 6.86. The summed E-state index contributed by atoms with van der Waals surface area (Å²) in [6.07, 6.45) is 5.94. The number of rotatable bonds is 4.